The van der Waals surface area contributed by atoms with Crippen molar-refractivity contribution < 1.29 is 22.7 Å². The molecule has 2 aromatic heterocycles. The molecule has 5 rings (SSSR count). The first-order valence-corrected chi connectivity index (χ1v) is 12.8. The van der Waals surface area contributed by atoms with Gasteiger partial charge in [0.2, 0.25) is 0 Å². The van der Waals surface area contributed by atoms with Crippen molar-refractivity contribution in [1.82, 2.24) is 15.2 Å². The lowest BCUT2D eigenvalue weighted by Gasteiger charge is -2.41. The molecule has 0 saturated carbocycles. The second-order valence-corrected chi connectivity index (χ2v) is 10.7. The van der Waals surface area contributed by atoms with Crippen LogP contribution >= 0.6 is 0 Å². The number of rotatable bonds is 5. The van der Waals surface area contributed by atoms with E-state index in [2.05, 4.69) is 20.1 Å². The lowest BCUT2D eigenvalue weighted by Crippen LogP contribution is -2.53. The van der Waals surface area contributed by atoms with Gasteiger partial charge in [0.25, 0.3) is 0 Å². The number of anilines is 2. The number of nitrogens with zero attached hydrogens (tertiary/aromatic N) is 5. The van der Waals surface area contributed by atoms with Gasteiger partial charge < -0.3 is 14.9 Å². The average Bonchev–Trinajstić information content (AvgIpc) is 3.35. The van der Waals surface area contributed by atoms with E-state index in [1.165, 1.54) is 37.1 Å². The van der Waals surface area contributed by atoms with Gasteiger partial charge in [-0.05, 0) is 69.4 Å². The maximum atomic E-state index is 13.8. The molecule has 1 aromatic carbocycles. The molecule has 0 amide bonds. The molecule has 38 heavy (non-hydrogen) atoms. The zero-order valence-corrected chi connectivity index (χ0v) is 21.7. The Balaban J connectivity index is 1.37. The highest BCUT2D eigenvalue weighted by molar-refractivity contribution is 5.56. The molecule has 3 heterocycles. The summed E-state index contributed by atoms with van der Waals surface area (Å²) in [5, 5.41) is 19.4. The number of hydrogen-bond donors (Lipinski definition) is 1. The molecule has 6 nitrogen and oxygen atoms in total. The molecule has 1 saturated heterocycles. The molecular formula is C28H31F4N5O. The van der Waals surface area contributed by atoms with Crippen molar-refractivity contribution in [2.24, 2.45) is 0 Å². The molecule has 0 spiro atoms. The fourth-order valence-corrected chi connectivity index (χ4v) is 5.54. The standard InChI is InChI=1S/C28H31F4N5O/c1-17-16-36(11-12-37(17)25-14-22(28(30,31)32)23(15-33-25)27(2,3)38)26-21-6-4-5-20(21)24(34-35-26)13-18-7-9-19(29)10-8-18/h7-10,14-15,17,38H,4-6,11-13,16H2,1-3H3. The molecule has 1 aliphatic heterocycles. The van der Waals surface area contributed by atoms with Crippen LogP contribution in [0.15, 0.2) is 36.5 Å². The number of pyridine rings is 1. The van der Waals surface area contributed by atoms with Gasteiger partial charge in [-0.15, -0.1) is 5.10 Å². The number of hydrogen-bond acceptors (Lipinski definition) is 6. The molecule has 0 radical (unpaired) electrons. The van der Waals surface area contributed by atoms with Crippen LogP contribution in [-0.4, -0.2) is 46.0 Å². The van der Waals surface area contributed by atoms with Gasteiger partial charge in [-0.3, -0.25) is 0 Å². The fraction of sp³-hybridized carbons (Fsp3) is 0.464. The van der Waals surface area contributed by atoms with E-state index >= 15 is 0 Å². The van der Waals surface area contributed by atoms with Crippen molar-refractivity contribution >= 4 is 11.6 Å². The van der Waals surface area contributed by atoms with Crippen molar-refractivity contribution in [2.75, 3.05) is 29.4 Å². The number of aromatic nitrogens is 3. The smallest absolute Gasteiger partial charge is 0.386 e. The normalized spacial score (nSPS) is 18.2. The summed E-state index contributed by atoms with van der Waals surface area (Å²) in [5.74, 6) is 0.809. The fourth-order valence-electron chi connectivity index (χ4n) is 5.54. The summed E-state index contributed by atoms with van der Waals surface area (Å²) in [6.45, 7) is 6.21. The minimum Gasteiger partial charge on any atom is -0.386 e. The van der Waals surface area contributed by atoms with Crippen molar-refractivity contribution in [2.45, 2.75) is 64.3 Å². The minimum absolute atomic E-state index is 0.122. The third-order valence-electron chi connectivity index (χ3n) is 7.46. The molecule has 1 fully saturated rings. The first-order valence-electron chi connectivity index (χ1n) is 12.8. The lowest BCUT2D eigenvalue weighted by molar-refractivity contribution is -0.140. The quantitative estimate of drug-likeness (QED) is 0.467. The van der Waals surface area contributed by atoms with Crippen molar-refractivity contribution in [3.8, 4) is 0 Å². The zero-order chi connectivity index (χ0) is 27.2. The first kappa shape index (κ1) is 26.3. The Labute approximate surface area is 219 Å². The van der Waals surface area contributed by atoms with Crippen LogP contribution in [0.25, 0.3) is 0 Å². The molecule has 1 N–H and O–H groups in total. The maximum absolute atomic E-state index is 13.8. The Morgan fingerprint density at radius 1 is 1.00 bits per heavy atom. The number of alkyl halides is 3. The highest BCUT2D eigenvalue weighted by Crippen LogP contribution is 2.39. The minimum atomic E-state index is -4.61. The Morgan fingerprint density at radius 3 is 2.37 bits per heavy atom. The van der Waals surface area contributed by atoms with E-state index in [4.69, 9.17) is 0 Å². The van der Waals surface area contributed by atoms with Crippen LogP contribution in [0, 0.1) is 5.82 Å². The summed E-state index contributed by atoms with van der Waals surface area (Å²) >= 11 is 0. The van der Waals surface area contributed by atoms with Crippen LogP contribution < -0.4 is 9.80 Å². The summed E-state index contributed by atoms with van der Waals surface area (Å²) in [7, 11) is 0. The second kappa shape index (κ2) is 9.80. The van der Waals surface area contributed by atoms with Crippen molar-refractivity contribution in [3.05, 3.63) is 75.9 Å². The molecule has 1 atom stereocenters. The monoisotopic (exact) mass is 529 g/mol. The van der Waals surface area contributed by atoms with E-state index in [-0.39, 0.29) is 23.2 Å². The molecule has 2 aliphatic rings. The number of benzene rings is 1. The predicted molar refractivity (Wildman–Crippen MR) is 137 cm³/mol. The maximum Gasteiger partial charge on any atom is 0.416 e. The molecule has 1 unspecified atom stereocenters. The van der Waals surface area contributed by atoms with Gasteiger partial charge in [0.05, 0.1) is 16.9 Å². The number of fused-ring (bicyclic) bond motifs is 1. The Kier molecular flexibility index (Phi) is 6.79. The van der Waals surface area contributed by atoms with Gasteiger partial charge in [0.1, 0.15) is 11.6 Å². The largest absolute Gasteiger partial charge is 0.416 e. The van der Waals surface area contributed by atoms with Crippen LogP contribution in [0.5, 0.6) is 0 Å². The van der Waals surface area contributed by atoms with Gasteiger partial charge in [0, 0.05) is 49.4 Å². The number of halogens is 4. The summed E-state index contributed by atoms with van der Waals surface area (Å²) in [5.41, 5.74) is 1.50. The molecule has 10 heteroatoms. The van der Waals surface area contributed by atoms with Crippen LogP contribution in [0.1, 0.15) is 60.7 Å². The van der Waals surface area contributed by atoms with Crippen molar-refractivity contribution in [3.63, 3.8) is 0 Å². The third kappa shape index (κ3) is 5.18. The average molecular weight is 530 g/mol. The summed E-state index contributed by atoms with van der Waals surface area (Å²) in [4.78, 5) is 8.34. The summed E-state index contributed by atoms with van der Waals surface area (Å²) in [6.07, 6.45) is -0.0473. The Hall–Kier alpha value is -3.27. The van der Waals surface area contributed by atoms with Gasteiger partial charge in [-0.25, -0.2) is 9.37 Å². The van der Waals surface area contributed by atoms with Crippen LogP contribution in [0.4, 0.5) is 29.2 Å². The third-order valence-corrected chi connectivity index (χ3v) is 7.46. The van der Waals surface area contributed by atoms with Crippen LogP contribution in [0.2, 0.25) is 0 Å². The molecule has 0 bridgehead atoms. The summed E-state index contributed by atoms with van der Waals surface area (Å²) < 4.78 is 54.8. The van der Waals surface area contributed by atoms with Crippen molar-refractivity contribution in [1.29, 1.82) is 0 Å². The van der Waals surface area contributed by atoms with Gasteiger partial charge in [0.15, 0.2) is 5.82 Å². The van der Waals surface area contributed by atoms with E-state index in [9.17, 15) is 22.7 Å². The molecule has 202 valence electrons. The topological polar surface area (TPSA) is 65.4 Å². The van der Waals surface area contributed by atoms with E-state index < -0.39 is 17.3 Å². The van der Waals surface area contributed by atoms with E-state index in [1.54, 1.807) is 12.1 Å². The Bertz CT molecular complexity index is 1320. The predicted octanol–water partition coefficient (Wildman–Crippen LogP) is 5.05. The number of piperazine rings is 1. The molecule has 3 aromatic rings. The van der Waals surface area contributed by atoms with Crippen LogP contribution in [0.3, 0.4) is 0 Å². The van der Waals surface area contributed by atoms with Gasteiger partial charge in [-0.2, -0.15) is 18.3 Å². The lowest BCUT2D eigenvalue weighted by atomic mass is 9.94. The zero-order valence-electron chi connectivity index (χ0n) is 21.7. The highest BCUT2D eigenvalue weighted by atomic mass is 19.4. The van der Waals surface area contributed by atoms with Gasteiger partial charge in [-0.1, -0.05) is 12.1 Å². The van der Waals surface area contributed by atoms with E-state index in [0.29, 0.717) is 26.1 Å². The van der Waals surface area contributed by atoms with E-state index in [1.807, 2.05) is 11.8 Å². The summed E-state index contributed by atoms with van der Waals surface area (Å²) in [6, 6.07) is 7.34. The highest BCUT2D eigenvalue weighted by Gasteiger charge is 2.39. The number of aliphatic hydroxyl groups is 1. The van der Waals surface area contributed by atoms with Crippen LogP contribution in [-0.2, 0) is 31.0 Å². The molecular weight excluding hydrogens is 498 g/mol. The van der Waals surface area contributed by atoms with E-state index in [0.717, 1.165) is 48.6 Å². The van der Waals surface area contributed by atoms with Gasteiger partial charge >= 0.3 is 6.18 Å². The second-order valence-electron chi connectivity index (χ2n) is 10.7. The Morgan fingerprint density at radius 2 is 1.71 bits per heavy atom. The molecule has 1 aliphatic carbocycles. The SMILES string of the molecule is CC1CN(c2nnc(Cc3ccc(F)cc3)c3c2CCC3)CCN1c1cc(C(F)(F)F)c(C(C)(C)O)cn1. The first-order chi connectivity index (χ1) is 17.9.